The number of amides is 2. The predicted molar refractivity (Wildman–Crippen MR) is 166 cm³/mol. The Morgan fingerprint density at radius 2 is 1.56 bits per heavy atom. The van der Waals surface area contributed by atoms with Crippen molar-refractivity contribution in [2.24, 2.45) is 0 Å². The zero-order valence-electron chi connectivity index (χ0n) is 25.8. The van der Waals surface area contributed by atoms with Gasteiger partial charge in [-0.2, -0.15) is 0 Å². The molecule has 0 aliphatic rings. The highest BCUT2D eigenvalue weighted by atomic mass is 32.2. The van der Waals surface area contributed by atoms with Gasteiger partial charge < -0.3 is 24.4 Å². The number of anilines is 1. The topological polar surface area (TPSA) is 114 Å². The number of ether oxygens (including phenoxy) is 3. The van der Waals surface area contributed by atoms with E-state index in [1.165, 1.54) is 37.3 Å². The van der Waals surface area contributed by atoms with E-state index in [1.807, 2.05) is 33.8 Å². The van der Waals surface area contributed by atoms with Crippen LogP contribution in [-0.4, -0.2) is 65.1 Å². The van der Waals surface area contributed by atoms with E-state index in [9.17, 15) is 18.0 Å². The lowest BCUT2D eigenvalue weighted by Gasteiger charge is -2.33. The SMILES string of the molecule is CCC(C(=O)NC(C)C)N(Cc1cccc(OC)c1)C(=O)CN(c1ccc(OC)c(OC)c1)S(=O)(=O)c1ccc(C)cc1. The zero-order chi connectivity index (χ0) is 31.7. The fraction of sp³-hybridized carbons (Fsp3) is 0.375. The van der Waals surface area contributed by atoms with Gasteiger partial charge in [0.25, 0.3) is 10.0 Å². The Morgan fingerprint density at radius 1 is 0.884 bits per heavy atom. The molecule has 3 rings (SSSR count). The van der Waals surface area contributed by atoms with Crippen LogP contribution in [0.25, 0.3) is 0 Å². The van der Waals surface area contributed by atoms with Gasteiger partial charge in [0, 0.05) is 18.7 Å². The number of sulfonamides is 1. The molecule has 3 aromatic rings. The summed E-state index contributed by atoms with van der Waals surface area (Å²) in [7, 11) is 0.238. The summed E-state index contributed by atoms with van der Waals surface area (Å²) in [5, 5.41) is 2.89. The van der Waals surface area contributed by atoms with Crippen molar-refractivity contribution in [2.75, 3.05) is 32.2 Å². The molecule has 0 saturated heterocycles. The fourth-order valence-electron chi connectivity index (χ4n) is 4.61. The lowest BCUT2D eigenvalue weighted by atomic mass is 10.1. The third-order valence-corrected chi connectivity index (χ3v) is 8.63. The van der Waals surface area contributed by atoms with Crippen LogP contribution >= 0.6 is 0 Å². The van der Waals surface area contributed by atoms with E-state index in [-0.39, 0.29) is 29.1 Å². The number of aryl methyl sites for hydroxylation is 1. The maximum atomic E-state index is 14.2. The Bertz CT molecular complexity index is 1510. The molecule has 0 spiro atoms. The minimum Gasteiger partial charge on any atom is -0.497 e. The van der Waals surface area contributed by atoms with Crippen LogP contribution in [0.5, 0.6) is 17.2 Å². The van der Waals surface area contributed by atoms with Gasteiger partial charge in [0.15, 0.2) is 11.5 Å². The maximum absolute atomic E-state index is 14.2. The van der Waals surface area contributed by atoms with Crippen molar-refractivity contribution in [1.82, 2.24) is 10.2 Å². The summed E-state index contributed by atoms with van der Waals surface area (Å²) in [5.41, 5.74) is 1.81. The Balaban J connectivity index is 2.13. The second-order valence-electron chi connectivity index (χ2n) is 10.3. The summed E-state index contributed by atoms with van der Waals surface area (Å²) in [5.74, 6) is 0.416. The van der Waals surface area contributed by atoms with Crippen LogP contribution in [0.1, 0.15) is 38.3 Å². The van der Waals surface area contributed by atoms with Crippen LogP contribution in [0.15, 0.2) is 71.6 Å². The lowest BCUT2D eigenvalue weighted by Crippen LogP contribution is -2.53. The number of nitrogens with one attached hydrogen (secondary N) is 1. The molecule has 0 bridgehead atoms. The number of hydrogen-bond donors (Lipinski definition) is 1. The summed E-state index contributed by atoms with van der Waals surface area (Å²) >= 11 is 0. The summed E-state index contributed by atoms with van der Waals surface area (Å²) < 4.78 is 45.4. The van der Waals surface area contributed by atoms with Crippen LogP contribution < -0.4 is 23.8 Å². The number of carbonyl (C=O) groups is 2. The van der Waals surface area contributed by atoms with Crippen molar-refractivity contribution in [3.05, 3.63) is 77.9 Å². The van der Waals surface area contributed by atoms with Gasteiger partial charge in [-0.1, -0.05) is 36.8 Å². The van der Waals surface area contributed by atoms with Crippen molar-refractivity contribution >= 4 is 27.5 Å². The maximum Gasteiger partial charge on any atom is 0.264 e. The second-order valence-corrected chi connectivity index (χ2v) is 12.2. The van der Waals surface area contributed by atoms with Crippen molar-refractivity contribution in [3.8, 4) is 17.2 Å². The number of methoxy groups -OCH3 is 3. The first-order valence-electron chi connectivity index (χ1n) is 14.0. The molecule has 0 radical (unpaired) electrons. The number of carbonyl (C=O) groups excluding carboxylic acids is 2. The zero-order valence-corrected chi connectivity index (χ0v) is 26.6. The molecule has 0 fully saturated rings. The molecule has 0 aromatic heterocycles. The molecule has 43 heavy (non-hydrogen) atoms. The molecule has 3 aromatic carbocycles. The Hall–Kier alpha value is -4.25. The molecule has 1 N–H and O–H groups in total. The van der Waals surface area contributed by atoms with Gasteiger partial charge in [-0.15, -0.1) is 0 Å². The number of hydrogen-bond acceptors (Lipinski definition) is 7. The van der Waals surface area contributed by atoms with Crippen LogP contribution in [0.3, 0.4) is 0 Å². The molecule has 0 heterocycles. The van der Waals surface area contributed by atoms with Gasteiger partial charge in [-0.3, -0.25) is 13.9 Å². The van der Waals surface area contributed by atoms with Crippen LogP contribution in [0, 0.1) is 6.92 Å². The average molecular weight is 612 g/mol. The third-order valence-electron chi connectivity index (χ3n) is 6.85. The quantitative estimate of drug-likeness (QED) is 0.285. The van der Waals surface area contributed by atoms with Gasteiger partial charge in [-0.25, -0.2) is 8.42 Å². The second kappa shape index (κ2) is 14.8. The highest BCUT2D eigenvalue weighted by Crippen LogP contribution is 2.34. The monoisotopic (exact) mass is 611 g/mol. The molecule has 0 aliphatic carbocycles. The lowest BCUT2D eigenvalue weighted by molar-refractivity contribution is -0.140. The largest absolute Gasteiger partial charge is 0.497 e. The molecular weight excluding hydrogens is 570 g/mol. The standard InChI is InChI=1S/C32H41N3O7S/c1-8-28(32(37)33-22(2)3)34(20-24-10-9-11-26(18-24)40-5)31(36)21-35(25-14-17-29(41-6)30(19-25)42-7)43(38,39)27-15-12-23(4)13-16-27/h9-19,22,28H,8,20-21H2,1-7H3,(H,33,37). The van der Waals surface area contributed by atoms with Crippen molar-refractivity contribution in [2.45, 2.75) is 57.6 Å². The van der Waals surface area contributed by atoms with Crippen molar-refractivity contribution < 1.29 is 32.2 Å². The fourth-order valence-corrected chi connectivity index (χ4v) is 6.02. The highest BCUT2D eigenvalue weighted by molar-refractivity contribution is 7.92. The van der Waals surface area contributed by atoms with Gasteiger partial charge in [0.05, 0.1) is 31.9 Å². The van der Waals surface area contributed by atoms with E-state index in [1.54, 1.807) is 49.6 Å². The van der Waals surface area contributed by atoms with E-state index >= 15 is 0 Å². The first-order chi connectivity index (χ1) is 20.4. The predicted octanol–water partition coefficient (Wildman–Crippen LogP) is 4.55. The molecule has 232 valence electrons. The molecule has 1 atom stereocenters. The Labute approximate surface area is 254 Å². The molecule has 11 heteroatoms. The van der Waals surface area contributed by atoms with E-state index in [0.29, 0.717) is 23.7 Å². The van der Waals surface area contributed by atoms with Crippen molar-refractivity contribution in [1.29, 1.82) is 0 Å². The smallest absolute Gasteiger partial charge is 0.264 e. The summed E-state index contributed by atoms with van der Waals surface area (Å²) in [6.07, 6.45) is 0.315. The van der Waals surface area contributed by atoms with Crippen molar-refractivity contribution in [3.63, 3.8) is 0 Å². The molecule has 0 saturated carbocycles. The van der Waals surface area contributed by atoms with E-state index in [0.717, 1.165) is 15.4 Å². The van der Waals surface area contributed by atoms with Crippen LogP contribution in [0.4, 0.5) is 5.69 Å². The van der Waals surface area contributed by atoms with Gasteiger partial charge in [0.1, 0.15) is 18.3 Å². The minimum absolute atomic E-state index is 0.0182. The normalized spacial score (nSPS) is 11.9. The number of benzene rings is 3. The van der Waals surface area contributed by atoms with Crippen LogP contribution in [0.2, 0.25) is 0 Å². The van der Waals surface area contributed by atoms with Gasteiger partial charge in [-0.05, 0) is 69.2 Å². The summed E-state index contributed by atoms with van der Waals surface area (Å²) in [6, 6.07) is 17.2. The average Bonchev–Trinajstić information content (AvgIpc) is 2.99. The third kappa shape index (κ3) is 8.19. The molecule has 1 unspecified atom stereocenters. The number of rotatable bonds is 14. The van der Waals surface area contributed by atoms with E-state index < -0.39 is 28.5 Å². The van der Waals surface area contributed by atoms with Crippen LogP contribution in [-0.2, 0) is 26.2 Å². The van der Waals surface area contributed by atoms with Gasteiger partial charge in [0.2, 0.25) is 11.8 Å². The first kappa shape index (κ1) is 33.3. The summed E-state index contributed by atoms with van der Waals surface area (Å²) in [4.78, 5) is 29.0. The Kier molecular flexibility index (Phi) is 11.4. The number of nitrogens with zero attached hydrogens (tertiary/aromatic N) is 2. The minimum atomic E-state index is -4.23. The van der Waals surface area contributed by atoms with E-state index in [2.05, 4.69) is 5.32 Å². The van der Waals surface area contributed by atoms with Gasteiger partial charge >= 0.3 is 0 Å². The highest BCUT2D eigenvalue weighted by Gasteiger charge is 2.34. The molecule has 10 nitrogen and oxygen atoms in total. The summed E-state index contributed by atoms with van der Waals surface area (Å²) in [6.45, 7) is 6.84. The first-order valence-corrected chi connectivity index (χ1v) is 15.4. The molecular formula is C32H41N3O7S. The Morgan fingerprint density at radius 3 is 2.14 bits per heavy atom. The molecule has 0 aliphatic heterocycles. The van der Waals surface area contributed by atoms with E-state index in [4.69, 9.17) is 14.2 Å². The molecule has 2 amide bonds.